The number of benzene rings is 2. The summed E-state index contributed by atoms with van der Waals surface area (Å²) in [6.45, 7) is 2.94. The van der Waals surface area contributed by atoms with Crippen LogP contribution < -0.4 is 5.32 Å². The fourth-order valence-corrected chi connectivity index (χ4v) is 4.09. The summed E-state index contributed by atoms with van der Waals surface area (Å²) in [6.07, 6.45) is 0. The zero-order valence-electron chi connectivity index (χ0n) is 14.6. The molecule has 4 nitrogen and oxygen atoms in total. The van der Waals surface area contributed by atoms with Gasteiger partial charge in [0.2, 0.25) is 0 Å². The van der Waals surface area contributed by atoms with Gasteiger partial charge in [0.05, 0.1) is 17.9 Å². The Bertz CT molecular complexity index is 995. The van der Waals surface area contributed by atoms with Crippen LogP contribution in [-0.2, 0) is 13.1 Å². The fourth-order valence-electron chi connectivity index (χ4n) is 3.12. The number of fused-ring (bicyclic) bond motifs is 1. The Morgan fingerprint density at radius 2 is 1.89 bits per heavy atom. The topological polar surface area (TPSA) is 46.9 Å². The third kappa shape index (κ3) is 3.35. The Kier molecular flexibility index (Phi) is 4.70. The summed E-state index contributed by atoms with van der Waals surface area (Å²) >= 11 is 1.66. The number of nitrogens with zero attached hydrogens (tertiary/aromatic N) is 2. The lowest BCUT2D eigenvalue weighted by Gasteiger charge is -2.11. The summed E-state index contributed by atoms with van der Waals surface area (Å²) < 4.78 is 29.7. The van der Waals surface area contributed by atoms with E-state index in [9.17, 15) is 13.6 Å². The molecule has 0 fully saturated rings. The third-order valence-corrected chi connectivity index (χ3v) is 5.47. The molecule has 27 heavy (non-hydrogen) atoms. The van der Waals surface area contributed by atoms with Crippen LogP contribution in [-0.4, -0.2) is 21.2 Å². The molecule has 1 N–H and O–H groups in total. The Morgan fingerprint density at radius 1 is 1.19 bits per heavy atom. The molecule has 0 spiro atoms. The van der Waals surface area contributed by atoms with Gasteiger partial charge in [0.25, 0.3) is 5.91 Å². The second kappa shape index (κ2) is 7.15. The van der Waals surface area contributed by atoms with Crippen LogP contribution in [0.4, 0.5) is 8.78 Å². The Balaban J connectivity index is 1.64. The van der Waals surface area contributed by atoms with Crippen molar-refractivity contribution in [3.63, 3.8) is 0 Å². The molecule has 3 aromatic rings. The van der Waals surface area contributed by atoms with Crippen molar-refractivity contribution < 1.29 is 13.6 Å². The summed E-state index contributed by atoms with van der Waals surface area (Å²) in [5.41, 5.74) is 3.15. The van der Waals surface area contributed by atoms with E-state index in [-0.39, 0.29) is 6.54 Å². The largest absolute Gasteiger partial charge is 0.346 e. The highest BCUT2D eigenvalue weighted by Crippen LogP contribution is 2.33. The number of aryl methyl sites for hydroxylation is 1. The number of amides is 1. The van der Waals surface area contributed by atoms with Crippen molar-refractivity contribution in [2.24, 2.45) is 0 Å². The summed E-state index contributed by atoms with van der Waals surface area (Å²) in [6, 6.07) is 11.4. The minimum atomic E-state index is -0.875. The Labute approximate surface area is 159 Å². The van der Waals surface area contributed by atoms with Gasteiger partial charge in [-0.05, 0) is 19.1 Å². The number of rotatable bonds is 4. The molecule has 4 rings (SSSR count). The number of imidazole rings is 1. The number of thioether (sulfide) groups is 1. The third-order valence-electron chi connectivity index (χ3n) is 4.51. The molecule has 1 aromatic heterocycles. The van der Waals surface area contributed by atoms with E-state index in [1.165, 1.54) is 6.07 Å². The highest BCUT2D eigenvalue weighted by atomic mass is 32.2. The summed E-state index contributed by atoms with van der Waals surface area (Å²) in [4.78, 5) is 17.1. The van der Waals surface area contributed by atoms with Crippen molar-refractivity contribution in [1.29, 1.82) is 0 Å². The van der Waals surface area contributed by atoms with E-state index in [0.29, 0.717) is 0 Å². The average Bonchev–Trinajstić information content (AvgIpc) is 3.22. The number of carbonyl (C=O) groups is 1. The Hall–Kier alpha value is -2.67. The summed E-state index contributed by atoms with van der Waals surface area (Å²) in [7, 11) is 0. The molecular weight excluding hydrogens is 368 g/mol. The van der Waals surface area contributed by atoms with Crippen molar-refractivity contribution in [3.8, 4) is 11.3 Å². The van der Waals surface area contributed by atoms with Crippen LogP contribution in [0.25, 0.3) is 11.3 Å². The van der Waals surface area contributed by atoms with Crippen molar-refractivity contribution in [1.82, 2.24) is 14.9 Å². The molecule has 138 valence electrons. The number of carbonyl (C=O) groups excluding carboxylic acids is 1. The average molecular weight is 385 g/mol. The molecule has 2 aromatic carbocycles. The van der Waals surface area contributed by atoms with Crippen LogP contribution in [0.5, 0.6) is 0 Å². The van der Waals surface area contributed by atoms with Gasteiger partial charge in [-0.2, -0.15) is 0 Å². The van der Waals surface area contributed by atoms with Crippen LogP contribution >= 0.6 is 11.8 Å². The van der Waals surface area contributed by atoms with Crippen LogP contribution in [0, 0.1) is 18.6 Å². The quantitative estimate of drug-likeness (QED) is 0.733. The van der Waals surface area contributed by atoms with E-state index >= 15 is 0 Å². The van der Waals surface area contributed by atoms with Gasteiger partial charge in [0.1, 0.15) is 17.2 Å². The molecule has 1 amide bonds. The first-order valence-electron chi connectivity index (χ1n) is 8.56. The Morgan fingerprint density at radius 3 is 2.59 bits per heavy atom. The minimum absolute atomic E-state index is 0.142. The van der Waals surface area contributed by atoms with Gasteiger partial charge < -0.3 is 9.88 Å². The lowest BCUT2D eigenvalue weighted by Crippen LogP contribution is -2.26. The van der Waals surface area contributed by atoms with E-state index in [1.807, 2.05) is 31.2 Å². The lowest BCUT2D eigenvalue weighted by molar-refractivity contribution is 0.0941. The maximum atomic E-state index is 13.8. The summed E-state index contributed by atoms with van der Waals surface area (Å²) in [5, 5.41) is 3.54. The van der Waals surface area contributed by atoms with Gasteiger partial charge in [0.15, 0.2) is 5.16 Å². The van der Waals surface area contributed by atoms with Gasteiger partial charge in [-0.1, -0.05) is 47.7 Å². The van der Waals surface area contributed by atoms with E-state index in [2.05, 4.69) is 9.88 Å². The zero-order valence-corrected chi connectivity index (χ0v) is 15.4. The number of hydrogen-bond donors (Lipinski definition) is 1. The van der Waals surface area contributed by atoms with Crippen molar-refractivity contribution >= 4 is 17.7 Å². The van der Waals surface area contributed by atoms with Crippen molar-refractivity contribution in [2.75, 3.05) is 5.75 Å². The van der Waals surface area contributed by atoms with Crippen LogP contribution in [0.15, 0.2) is 47.6 Å². The monoisotopic (exact) mass is 385 g/mol. The van der Waals surface area contributed by atoms with E-state index in [1.54, 1.807) is 11.8 Å². The minimum Gasteiger partial charge on any atom is -0.346 e. The zero-order chi connectivity index (χ0) is 19.0. The molecule has 7 heteroatoms. The lowest BCUT2D eigenvalue weighted by atomic mass is 10.1. The molecule has 0 saturated carbocycles. The SMILES string of the molecule is Cc1ccc(-c2nc3n(c2CNC(=O)c2c(F)cccc2F)CCS3)cc1. The predicted octanol–water partition coefficient (Wildman–Crippen LogP) is 4.17. The first-order valence-corrected chi connectivity index (χ1v) is 9.54. The maximum absolute atomic E-state index is 13.8. The fraction of sp³-hybridized carbons (Fsp3) is 0.200. The van der Waals surface area contributed by atoms with Crippen molar-refractivity contribution in [2.45, 2.75) is 25.2 Å². The number of nitrogens with one attached hydrogen (secondary N) is 1. The first kappa shape index (κ1) is 17.7. The molecule has 0 aliphatic carbocycles. The smallest absolute Gasteiger partial charge is 0.257 e. The maximum Gasteiger partial charge on any atom is 0.257 e. The number of aromatic nitrogens is 2. The van der Waals surface area contributed by atoms with E-state index in [0.717, 1.165) is 52.1 Å². The highest BCUT2D eigenvalue weighted by Gasteiger charge is 2.24. The normalized spacial score (nSPS) is 12.9. The molecule has 0 bridgehead atoms. The molecule has 0 saturated heterocycles. The molecule has 1 aliphatic rings. The summed E-state index contributed by atoms with van der Waals surface area (Å²) in [5.74, 6) is -1.61. The number of hydrogen-bond acceptors (Lipinski definition) is 3. The first-order chi connectivity index (χ1) is 13.0. The second-order valence-corrected chi connectivity index (χ2v) is 7.40. The van der Waals surface area contributed by atoms with Gasteiger partial charge >= 0.3 is 0 Å². The van der Waals surface area contributed by atoms with E-state index < -0.39 is 23.1 Å². The molecule has 2 heterocycles. The molecule has 0 radical (unpaired) electrons. The molecular formula is C20H17F2N3OS. The standard InChI is InChI=1S/C20H17F2N3OS/c1-12-5-7-13(8-6-12)18-16(25-9-10-27-20(25)24-18)11-23-19(26)17-14(21)3-2-4-15(17)22/h2-8H,9-11H2,1H3,(H,23,26). The molecule has 0 unspecified atom stereocenters. The van der Waals surface area contributed by atoms with Gasteiger partial charge in [-0.15, -0.1) is 0 Å². The van der Waals surface area contributed by atoms with Gasteiger partial charge in [-0.3, -0.25) is 4.79 Å². The second-order valence-electron chi connectivity index (χ2n) is 6.34. The van der Waals surface area contributed by atoms with Crippen molar-refractivity contribution in [3.05, 3.63) is 70.9 Å². The highest BCUT2D eigenvalue weighted by molar-refractivity contribution is 7.99. The predicted molar refractivity (Wildman–Crippen MR) is 101 cm³/mol. The van der Waals surface area contributed by atoms with E-state index in [4.69, 9.17) is 4.98 Å². The number of halogens is 2. The van der Waals surface area contributed by atoms with Crippen LogP contribution in [0.3, 0.4) is 0 Å². The molecule has 1 aliphatic heterocycles. The van der Waals surface area contributed by atoms with Crippen LogP contribution in [0.2, 0.25) is 0 Å². The van der Waals surface area contributed by atoms with Crippen LogP contribution in [0.1, 0.15) is 21.6 Å². The molecule has 0 atom stereocenters. The van der Waals surface area contributed by atoms with Gasteiger partial charge in [-0.25, -0.2) is 13.8 Å². The van der Waals surface area contributed by atoms with Gasteiger partial charge in [0, 0.05) is 17.9 Å².